The first-order valence-corrected chi connectivity index (χ1v) is 11.2. The molecule has 1 N–H and O–H groups in total. The minimum absolute atomic E-state index is 0.0400. The molecule has 0 bridgehead atoms. The van der Waals surface area contributed by atoms with Gasteiger partial charge in [0.15, 0.2) is 11.5 Å². The number of aliphatic hydroxyl groups is 1. The summed E-state index contributed by atoms with van der Waals surface area (Å²) in [7, 11) is 6.88. The van der Waals surface area contributed by atoms with Crippen molar-refractivity contribution in [3.8, 4) is 17.2 Å². The van der Waals surface area contributed by atoms with Gasteiger partial charge in [-0.05, 0) is 62.5 Å². The monoisotopic (exact) mass is 468 g/mol. The Bertz CT molecular complexity index is 1060. The Morgan fingerprint density at radius 2 is 1.74 bits per heavy atom. The summed E-state index contributed by atoms with van der Waals surface area (Å²) in [5, 5.41) is 11.2. The summed E-state index contributed by atoms with van der Waals surface area (Å²) in [5.74, 6) is 0.0900. The summed E-state index contributed by atoms with van der Waals surface area (Å²) in [6.45, 7) is 3.42. The van der Waals surface area contributed by atoms with Crippen LogP contribution < -0.4 is 14.2 Å². The van der Waals surface area contributed by atoms with Gasteiger partial charge in [0, 0.05) is 18.7 Å². The van der Waals surface area contributed by atoms with Gasteiger partial charge in [0.1, 0.15) is 11.5 Å². The molecule has 0 saturated carbocycles. The molecule has 0 radical (unpaired) electrons. The molecule has 1 amide bonds. The van der Waals surface area contributed by atoms with Crippen LogP contribution in [0.25, 0.3) is 5.76 Å². The minimum Gasteiger partial charge on any atom is -0.507 e. The summed E-state index contributed by atoms with van der Waals surface area (Å²) < 4.78 is 16.5. The number of ether oxygens (including phenoxy) is 3. The number of hydrogen-bond acceptors (Lipinski definition) is 7. The molecular weight excluding hydrogens is 436 g/mol. The molecule has 34 heavy (non-hydrogen) atoms. The van der Waals surface area contributed by atoms with Crippen molar-refractivity contribution in [3.63, 3.8) is 0 Å². The number of carbonyl (C=O) groups excluding carboxylic acids is 2. The van der Waals surface area contributed by atoms with Gasteiger partial charge in [-0.1, -0.05) is 13.0 Å². The molecule has 0 aromatic heterocycles. The molecule has 1 aliphatic heterocycles. The standard InChI is InChI=1S/C26H32N2O6/c1-6-15-34-20-12-9-18(16-21(20)33-5)23-22(24(29)17-7-10-19(32-4)11-8-17)25(30)26(31)28(23)14-13-27(2)3/h7-12,16,23,29H,6,13-15H2,1-5H3/b24-22+. The molecule has 1 atom stereocenters. The Morgan fingerprint density at radius 3 is 2.32 bits per heavy atom. The number of Topliss-reactive ketones (excluding diaryl/α,β-unsaturated/α-hetero) is 1. The van der Waals surface area contributed by atoms with Crippen LogP contribution in [0.2, 0.25) is 0 Å². The van der Waals surface area contributed by atoms with Crippen molar-refractivity contribution in [2.45, 2.75) is 19.4 Å². The molecule has 2 aromatic carbocycles. The number of likely N-dealkylation sites (N-methyl/N-ethyl adjacent to an activating group) is 1. The highest BCUT2D eigenvalue weighted by molar-refractivity contribution is 6.46. The van der Waals surface area contributed by atoms with Crippen LogP contribution in [0.4, 0.5) is 0 Å². The Labute approximate surface area is 200 Å². The lowest BCUT2D eigenvalue weighted by Gasteiger charge is -2.27. The van der Waals surface area contributed by atoms with Crippen LogP contribution in [0.1, 0.15) is 30.5 Å². The number of likely N-dealkylation sites (tertiary alicyclic amines) is 1. The van der Waals surface area contributed by atoms with E-state index < -0.39 is 17.7 Å². The molecule has 8 nitrogen and oxygen atoms in total. The Morgan fingerprint density at radius 1 is 1.03 bits per heavy atom. The summed E-state index contributed by atoms with van der Waals surface area (Å²) in [6.07, 6.45) is 0.845. The smallest absolute Gasteiger partial charge is 0.295 e. The zero-order valence-corrected chi connectivity index (χ0v) is 20.3. The fraction of sp³-hybridized carbons (Fsp3) is 0.385. The molecule has 0 spiro atoms. The van der Waals surface area contributed by atoms with E-state index in [2.05, 4.69) is 0 Å². The summed E-state index contributed by atoms with van der Waals surface area (Å²) in [5.41, 5.74) is 1.11. The fourth-order valence-electron chi connectivity index (χ4n) is 3.85. The van der Waals surface area contributed by atoms with Gasteiger partial charge in [-0.15, -0.1) is 0 Å². The van der Waals surface area contributed by atoms with Gasteiger partial charge in [-0.2, -0.15) is 0 Å². The first-order chi connectivity index (χ1) is 16.3. The molecule has 3 rings (SSSR count). The summed E-state index contributed by atoms with van der Waals surface area (Å²) in [6, 6.07) is 11.2. The maximum Gasteiger partial charge on any atom is 0.295 e. The summed E-state index contributed by atoms with van der Waals surface area (Å²) >= 11 is 0. The Hall–Kier alpha value is -3.52. The highest BCUT2D eigenvalue weighted by Gasteiger charge is 2.46. The van der Waals surface area contributed by atoms with Gasteiger partial charge in [-0.3, -0.25) is 9.59 Å². The SMILES string of the molecule is CCCOc1ccc(C2/C(=C(\O)c3ccc(OC)cc3)C(=O)C(=O)N2CCN(C)C)cc1OC. The van der Waals surface area contributed by atoms with Gasteiger partial charge >= 0.3 is 0 Å². The number of hydrogen-bond donors (Lipinski definition) is 1. The minimum atomic E-state index is -0.767. The lowest BCUT2D eigenvalue weighted by molar-refractivity contribution is -0.140. The molecular formula is C26H32N2O6. The third-order valence-corrected chi connectivity index (χ3v) is 5.66. The molecule has 2 aromatic rings. The molecule has 8 heteroatoms. The largest absolute Gasteiger partial charge is 0.507 e. The number of ketones is 1. The van der Waals surface area contributed by atoms with Crippen LogP contribution in [-0.2, 0) is 9.59 Å². The highest BCUT2D eigenvalue weighted by Crippen LogP contribution is 2.42. The fourth-order valence-corrected chi connectivity index (χ4v) is 3.85. The molecule has 0 aliphatic carbocycles. The van der Waals surface area contributed by atoms with Gasteiger partial charge in [-0.25, -0.2) is 0 Å². The van der Waals surface area contributed by atoms with Gasteiger partial charge in [0.05, 0.1) is 32.4 Å². The topological polar surface area (TPSA) is 88.5 Å². The molecule has 182 valence electrons. The van der Waals surface area contributed by atoms with E-state index in [0.717, 1.165) is 6.42 Å². The summed E-state index contributed by atoms with van der Waals surface area (Å²) in [4.78, 5) is 29.6. The molecule has 1 saturated heterocycles. The van der Waals surface area contributed by atoms with Crippen LogP contribution in [-0.4, -0.2) is 74.6 Å². The first-order valence-electron chi connectivity index (χ1n) is 11.2. The van der Waals surface area contributed by atoms with E-state index in [1.165, 1.54) is 12.0 Å². The van der Waals surface area contributed by atoms with Gasteiger partial charge in [0.2, 0.25) is 0 Å². The maximum atomic E-state index is 13.1. The lowest BCUT2D eigenvalue weighted by atomic mass is 9.95. The Balaban J connectivity index is 2.13. The van der Waals surface area contributed by atoms with E-state index in [1.807, 2.05) is 25.9 Å². The third-order valence-electron chi connectivity index (χ3n) is 5.66. The van der Waals surface area contributed by atoms with Gasteiger partial charge < -0.3 is 29.1 Å². The second-order valence-electron chi connectivity index (χ2n) is 8.28. The van der Waals surface area contributed by atoms with Crippen LogP contribution in [0.3, 0.4) is 0 Å². The van der Waals surface area contributed by atoms with Crippen molar-refractivity contribution in [2.24, 2.45) is 0 Å². The first kappa shape index (κ1) is 25.1. The van der Waals surface area contributed by atoms with E-state index in [4.69, 9.17) is 14.2 Å². The van der Waals surface area contributed by atoms with Crippen LogP contribution >= 0.6 is 0 Å². The number of rotatable bonds is 10. The number of aliphatic hydroxyl groups excluding tert-OH is 1. The van der Waals surface area contributed by atoms with Crippen LogP contribution in [0, 0.1) is 0 Å². The molecule has 1 heterocycles. The van der Waals surface area contributed by atoms with Crippen molar-refractivity contribution < 1.29 is 28.9 Å². The molecule has 1 unspecified atom stereocenters. The lowest BCUT2D eigenvalue weighted by Crippen LogP contribution is -2.35. The third kappa shape index (κ3) is 5.17. The maximum absolute atomic E-state index is 13.1. The average Bonchev–Trinajstić information content (AvgIpc) is 3.10. The van der Waals surface area contributed by atoms with E-state index >= 15 is 0 Å². The predicted molar refractivity (Wildman–Crippen MR) is 129 cm³/mol. The van der Waals surface area contributed by atoms with Crippen molar-refractivity contribution in [2.75, 3.05) is 48.0 Å². The number of nitrogens with zero attached hydrogens (tertiary/aromatic N) is 2. The molecule has 1 fully saturated rings. The van der Waals surface area contributed by atoms with Crippen LogP contribution in [0.5, 0.6) is 17.2 Å². The number of carbonyl (C=O) groups is 2. The second-order valence-corrected chi connectivity index (χ2v) is 8.28. The Kier molecular flexibility index (Phi) is 8.17. The average molecular weight is 469 g/mol. The normalized spacial score (nSPS) is 17.4. The highest BCUT2D eigenvalue weighted by atomic mass is 16.5. The number of benzene rings is 2. The van der Waals surface area contributed by atoms with Gasteiger partial charge in [0.25, 0.3) is 11.7 Å². The quantitative estimate of drug-likeness (QED) is 0.324. The second kappa shape index (κ2) is 11.1. The van der Waals surface area contributed by atoms with Crippen molar-refractivity contribution in [3.05, 3.63) is 59.2 Å². The predicted octanol–water partition coefficient (Wildman–Crippen LogP) is 3.48. The van der Waals surface area contributed by atoms with E-state index in [-0.39, 0.29) is 11.3 Å². The zero-order chi connectivity index (χ0) is 24.8. The molecule has 1 aliphatic rings. The van der Waals surface area contributed by atoms with E-state index in [1.54, 1.807) is 49.6 Å². The number of methoxy groups -OCH3 is 2. The van der Waals surface area contributed by atoms with Crippen molar-refractivity contribution >= 4 is 17.4 Å². The van der Waals surface area contributed by atoms with E-state index in [9.17, 15) is 14.7 Å². The van der Waals surface area contributed by atoms with Crippen molar-refractivity contribution in [1.82, 2.24) is 9.80 Å². The van der Waals surface area contributed by atoms with E-state index in [0.29, 0.717) is 48.1 Å². The van der Waals surface area contributed by atoms with Crippen LogP contribution in [0.15, 0.2) is 48.0 Å². The zero-order valence-electron chi connectivity index (χ0n) is 20.3. The number of amides is 1. The van der Waals surface area contributed by atoms with Crippen molar-refractivity contribution in [1.29, 1.82) is 0 Å².